The number of aryl methyl sites for hydroxylation is 1. The maximum atomic E-state index is 13.2. The number of nitrogens with zero attached hydrogens (tertiary/aromatic N) is 1. The van der Waals surface area contributed by atoms with Gasteiger partial charge in [-0.15, -0.1) is 11.3 Å². The number of hydrogen-bond donors (Lipinski definition) is 1. The lowest BCUT2D eigenvalue weighted by Crippen LogP contribution is -2.37. The smallest absolute Gasteiger partial charge is 0.232 e. The van der Waals surface area contributed by atoms with Crippen molar-refractivity contribution < 1.29 is 9.53 Å². The first-order valence-corrected chi connectivity index (χ1v) is 9.66. The summed E-state index contributed by atoms with van der Waals surface area (Å²) in [6.07, 6.45) is 1.77. The fourth-order valence-corrected chi connectivity index (χ4v) is 3.93. The lowest BCUT2D eigenvalue weighted by atomic mass is 9.70. The number of thiazole rings is 1. The fraction of sp³-hybridized carbons (Fsp3) is 0.273. The number of hydrogen-bond acceptors (Lipinski definition) is 4. The van der Waals surface area contributed by atoms with Gasteiger partial charge in [0.25, 0.3) is 0 Å². The number of anilines is 1. The minimum Gasteiger partial charge on any atom is -0.497 e. The molecule has 0 bridgehead atoms. The van der Waals surface area contributed by atoms with Crippen molar-refractivity contribution >= 4 is 22.4 Å². The molecule has 3 rings (SSSR count). The van der Waals surface area contributed by atoms with E-state index in [0.29, 0.717) is 5.13 Å². The number of carbonyl (C=O) groups excluding carboxylic acids is 1. The summed E-state index contributed by atoms with van der Waals surface area (Å²) in [6, 6.07) is 18.0. The number of ether oxygens (including phenoxy) is 1. The van der Waals surface area contributed by atoms with Gasteiger partial charge in [-0.25, -0.2) is 4.98 Å². The molecular formula is C22H24N2O2S. The highest BCUT2D eigenvalue weighted by molar-refractivity contribution is 7.15. The van der Waals surface area contributed by atoms with E-state index >= 15 is 0 Å². The lowest BCUT2D eigenvalue weighted by Gasteiger charge is -2.33. The number of aromatic nitrogens is 1. The SMILES string of the molecule is COc1ccc([C@H](c2ccccc2)C(C)(C)C(=O)Nc2ncc(C)s2)cc1. The van der Waals surface area contributed by atoms with E-state index in [9.17, 15) is 4.79 Å². The molecule has 0 aliphatic carbocycles. The van der Waals surface area contributed by atoms with Crippen LogP contribution in [0.2, 0.25) is 0 Å². The first-order valence-electron chi connectivity index (χ1n) is 8.84. The van der Waals surface area contributed by atoms with Crippen molar-refractivity contribution in [2.24, 2.45) is 5.41 Å². The van der Waals surface area contributed by atoms with Crippen molar-refractivity contribution in [1.82, 2.24) is 4.98 Å². The van der Waals surface area contributed by atoms with Crippen molar-refractivity contribution in [3.63, 3.8) is 0 Å². The summed E-state index contributed by atoms with van der Waals surface area (Å²) in [6.45, 7) is 5.93. The Balaban J connectivity index is 1.98. The molecule has 0 fully saturated rings. The largest absolute Gasteiger partial charge is 0.497 e. The van der Waals surface area contributed by atoms with Crippen LogP contribution in [-0.4, -0.2) is 18.0 Å². The molecular weight excluding hydrogens is 356 g/mol. The molecule has 1 amide bonds. The first-order chi connectivity index (χ1) is 12.9. The van der Waals surface area contributed by atoms with Gasteiger partial charge in [0.2, 0.25) is 5.91 Å². The van der Waals surface area contributed by atoms with Crippen LogP contribution in [0.3, 0.4) is 0 Å². The lowest BCUT2D eigenvalue weighted by molar-refractivity contribution is -0.124. The maximum absolute atomic E-state index is 13.2. The van der Waals surface area contributed by atoms with E-state index in [1.54, 1.807) is 13.3 Å². The molecule has 5 heteroatoms. The Morgan fingerprint density at radius 3 is 2.26 bits per heavy atom. The Kier molecular flexibility index (Phi) is 5.61. The molecule has 0 spiro atoms. The van der Waals surface area contributed by atoms with Gasteiger partial charge in [-0.1, -0.05) is 56.3 Å². The predicted octanol–water partition coefficient (Wildman–Crippen LogP) is 5.26. The molecule has 0 radical (unpaired) electrons. The summed E-state index contributed by atoms with van der Waals surface area (Å²) in [5.41, 5.74) is 1.48. The van der Waals surface area contributed by atoms with E-state index in [2.05, 4.69) is 22.4 Å². The van der Waals surface area contributed by atoms with Crippen molar-refractivity contribution in [2.75, 3.05) is 12.4 Å². The Morgan fingerprint density at radius 1 is 1.07 bits per heavy atom. The summed E-state index contributed by atoms with van der Waals surface area (Å²) < 4.78 is 5.28. The van der Waals surface area contributed by atoms with E-state index in [-0.39, 0.29) is 11.8 Å². The number of amides is 1. The van der Waals surface area contributed by atoms with Gasteiger partial charge in [0.05, 0.1) is 12.5 Å². The summed E-state index contributed by atoms with van der Waals surface area (Å²) in [5.74, 6) is 0.637. The third-order valence-corrected chi connectivity index (χ3v) is 5.56. The summed E-state index contributed by atoms with van der Waals surface area (Å²) in [5, 5.41) is 3.62. The van der Waals surface area contributed by atoms with Gasteiger partial charge in [-0.3, -0.25) is 4.79 Å². The van der Waals surface area contributed by atoms with Crippen LogP contribution in [0.5, 0.6) is 5.75 Å². The number of methoxy groups -OCH3 is 1. The first kappa shape index (κ1) is 19.1. The third kappa shape index (κ3) is 4.19. The standard InChI is InChI=1S/C22H24N2O2S/c1-15-14-23-21(27-15)24-20(25)22(2,3)19(16-8-6-5-7-9-16)17-10-12-18(26-4)13-11-17/h5-14,19H,1-4H3,(H,23,24,25)/t19-/m0/s1. The van der Waals surface area contributed by atoms with Crippen LogP contribution >= 0.6 is 11.3 Å². The summed E-state index contributed by atoms with van der Waals surface area (Å²) in [4.78, 5) is 18.5. The van der Waals surface area contributed by atoms with Gasteiger partial charge in [-0.2, -0.15) is 0 Å². The molecule has 27 heavy (non-hydrogen) atoms. The maximum Gasteiger partial charge on any atom is 0.232 e. The quantitative estimate of drug-likeness (QED) is 0.635. The van der Waals surface area contributed by atoms with Gasteiger partial charge in [0.15, 0.2) is 5.13 Å². The van der Waals surface area contributed by atoms with Crippen LogP contribution in [0.4, 0.5) is 5.13 Å². The van der Waals surface area contributed by atoms with Crippen LogP contribution in [0.15, 0.2) is 60.8 Å². The van der Waals surface area contributed by atoms with Crippen LogP contribution in [0.25, 0.3) is 0 Å². The molecule has 140 valence electrons. The number of carbonyl (C=O) groups is 1. The Morgan fingerprint density at radius 2 is 1.70 bits per heavy atom. The van der Waals surface area contributed by atoms with Gasteiger partial charge in [-0.05, 0) is 30.2 Å². The van der Waals surface area contributed by atoms with Crippen molar-refractivity contribution in [3.8, 4) is 5.75 Å². The fourth-order valence-electron chi connectivity index (χ4n) is 3.27. The average molecular weight is 381 g/mol. The van der Waals surface area contributed by atoms with Crippen molar-refractivity contribution in [1.29, 1.82) is 0 Å². The van der Waals surface area contributed by atoms with Crippen LogP contribution in [0, 0.1) is 12.3 Å². The van der Waals surface area contributed by atoms with E-state index in [1.807, 2.05) is 63.2 Å². The predicted molar refractivity (Wildman–Crippen MR) is 111 cm³/mol. The molecule has 0 saturated heterocycles. The Labute approximate surface area is 164 Å². The summed E-state index contributed by atoms with van der Waals surface area (Å²) in [7, 11) is 1.65. The minimum atomic E-state index is -0.685. The van der Waals surface area contributed by atoms with Crippen molar-refractivity contribution in [3.05, 3.63) is 76.8 Å². The second-order valence-electron chi connectivity index (χ2n) is 7.07. The highest BCUT2D eigenvalue weighted by atomic mass is 32.1. The molecule has 1 heterocycles. The molecule has 3 aromatic rings. The molecule has 1 N–H and O–H groups in total. The van der Waals surface area contributed by atoms with Gasteiger partial charge in [0.1, 0.15) is 5.75 Å². The van der Waals surface area contributed by atoms with Gasteiger partial charge in [0, 0.05) is 17.0 Å². The van der Waals surface area contributed by atoms with E-state index in [0.717, 1.165) is 21.8 Å². The molecule has 1 atom stereocenters. The average Bonchev–Trinajstić information content (AvgIpc) is 3.08. The van der Waals surface area contributed by atoms with E-state index < -0.39 is 5.41 Å². The van der Waals surface area contributed by atoms with Gasteiger partial charge >= 0.3 is 0 Å². The molecule has 4 nitrogen and oxygen atoms in total. The zero-order valence-electron chi connectivity index (χ0n) is 16.0. The Hall–Kier alpha value is -2.66. The highest BCUT2D eigenvalue weighted by Gasteiger charge is 2.39. The number of benzene rings is 2. The van der Waals surface area contributed by atoms with Gasteiger partial charge < -0.3 is 10.1 Å². The molecule has 1 aromatic heterocycles. The third-order valence-electron chi connectivity index (χ3n) is 4.73. The summed E-state index contributed by atoms with van der Waals surface area (Å²) >= 11 is 1.48. The zero-order chi connectivity index (χ0) is 19.4. The molecule has 0 aliphatic rings. The zero-order valence-corrected chi connectivity index (χ0v) is 16.8. The highest BCUT2D eigenvalue weighted by Crippen LogP contribution is 2.42. The van der Waals surface area contributed by atoms with E-state index in [4.69, 9.17) is 4.74 Å². The van der Waals surface area contributed by atoms with Crippen LogP contribution in [0.1, 0.15) is 35.8 Å². The van der Waals surface area contributed by atoms with E-state index in [1.165, 1.54) is 11.3 Å². The van der Waals surface area contributed by atoms with Crippen LogP contribution in [-0.2, 0) is 4.79 Å². The topological polar surface area (TPSA) is 51.2 Å². The molecule has 2 aromatic carbocycles. The normalized spacial score (nSPS) is 12.4. The monoisotopic (exact) mass is 380 g/mol. The van der Waals surface area contributed by atoms with Crippen molar-refractivity contribution in [2.45, 2.75) is 26.7 Å². The molecule has 0 saturated carbocycles. The molecule has 0 unspecified atom stereocenters. The molecule has 0 aliphatic heterocycles. The minimum absolute atomic E-state index is 0.0541. The Bertz CT molecular complexity index is 902. The van der Waals surface area contributed by atoms with Crippen LogP contribution < -0.4 is 10.1 Å². The number of rotatable bonds is 6. The number of nitrogens with one attached hydrogen (secondary N) is 1. The second-order valence-corrected chi connectivity index (χ2v) is 8.30. The second kappa shape index (κ2) is 7.92.